The van der Waals surface area contributed by atoms with Crippen LogP contribution in [0.25, 0.3) is 0 Å². The average Bonchev–Trinajstić information content (AvgIpc) is 3.59. The maximum Gasteiger partial charge on any atom is 0.407 e. The van der Waals surface area contributed by atoms with E-state index in [-0.39, 0.29) is 42.8 Å². The van der Waals surface area contributed by atoms with Gasteiger partial charge in [-0.2, -0.15) is 5.10 Å². The number of hydrazone groups is 1. The fraction of sp³-hybridized carbons (Fsp3) is 0.548. The number of nitrogens with one attached hydrogen (secondary N) is 2. The number of likely N-dealkylation sites (N-methyl/N-ethyl adjacent to an activating group) is 1. The van der Waals surface area contributed by atoms with Crippen molar-refractivity contribution in [3.05, 3.63) is 46.4 Å². The predicted molar refractivity (Wildman–Crippen MR) is 160 cm³/mol. The molecule has 3 heterocycles. The number of benzene rings is 1. The molecular formula is C31H41FN6O5. The number of anilines is 1. The first kappa shape index (κ1) is 30.4. The number of rotatable bonds is 11. The van der Waals surface area contributed by atoms with E-state index in [9.17, 15) is 9.59 Å². The van der Waals surface area contributed by atoms with Crippen LogP contribution in [0.5, 0.6) is 11.5 Å². The van der Waals surface area contributed by atoms with Crippen LogP contribution in [-0.4, -0.2) is 79.6 Å². The number of amides is 2. The summed E-state index contributed by atoms with van der Waals surface area (Å²) in [5, 5.41) is 12.4. The summed E-state index contributed by atoms with van der Waals surface area (Å²) in [6.07, 6.45) is 6.40. The van der Waals surface area contributed by atoms with E-state index < -0.39 is 11.9 Å². The molecule has 3 aliphatic rings. The molecule has 1 aromatic heterocycles. The van der Waals surface area contributed by atoms with Crippen LogP contribution in [0, 0.1) is 5.82 Å². The fourth-order valence-corrected chi connectivity index (χ4v) is 6.00. The largest absolute Gasteiger partial charge is 0.497 e. The van der Waals surface area contributed by atoms with E-state index in [2.05, 4.69) is 15.7 Å². The molecule has 3 atom stereocenters. The van der Waals surface area contributed by atoms with Gasteiger partial charge in [0.05, 0.1) is 50.6 Å². The average molecular weight is 597 g/mol. The highest BCUT2D eigenvalue weighted by atomic mass is 19.1. The van der Waals surface area contributed by atoms with Crippen molar-refractivity contribution in [3.63, 3.8) is 0 Å². The van der Waals surface area contributed by atoms with Crippen molar-refractivity contribution in [1.82, 2.24) is 20.2 Å². The molecule has 232 valence electrons. The van der Waals surface area contributed by atoms with Gasteiger partial charge in [-0.05, 0) is 31.4 Å². The molecule has 1 fully saturated rings. The standard InChI is InChI=1S/C31H41FN6O5/c1-5-6-13-43-31(40)35-24-10-8-7-9-23(24)34-29-27(32)22-18-38(17-19-11-12-21(41-3)14-25(19)42-4)30(39)26(22)28(36-29)20-15-33-37(2)16-20/h11-12,14-15,20,23-24H,5-10,13,16-18H2,1-4H3,(H,34,36)(H,35,40)/t20?,23-,24+/m0/s1. The lowest BCUT2D eigenvalue weighted by Gasteiger charge is -2.33. The molecule has 2 aliphatic heterocycles. The van der Waals surface area contributed by atoms with Crippen LogP contribution in [0.3, 0.4) is 0 Å². The molecule has 1 saturated carbocycles. The monoisotopic (exact) mass is 596 g/mol. The third-order valence-electron chi connectivity index (χ3n) is 8.35. The van der Waals surface area contributed by atoms with Crippen LogP contribution in [-0.2, 0) is 17.8 Å². The topological polar surface area (TPSA) is 118 Å². The number of ether oxygens (including phenoxy) is 3. The Bertz CT molecular complexity index is 1370. The quantitative estimate of drug-likeness (QED) is 0.360. The molecule has 11 nitrogen and oxygen atoms in total. The number of nitrogens with zero attached hydrogens (tertiary/aromatic N) is 4. The molecule has 2 amide bonds. The number of unbranched alkanes of at least 4 members (excludes halogenated alkanes) is 1. The molecule has 1 aromatic carbocycles. The van der Waals surface area contributed by atoms with E-state index in [1.165, 1.54) is 0 Å². The SMILES string of the molecule is CCCCOC(=O)N[C@@H]1CCCC[C@@H]1Nc1nc(C2C=NN(C)C2)c2c(c1F)CN(Cc1ccc(OC)cc1OC)C2=O. The number of hydrogen-bond acceptors (Lipinski definition) is 9. The molecule has 1 unspecified atom stereocenters. The van der Waals surface area contributed by atoms with Gasteiger partial charge in [0.15, 0.2) is 11.6 Å². The van der Waals surface area contributed by atoms with E-state index in [1.807, 2.05) is 20.0 Å². The first-order valence-electron chi connectivity index (χ1n) is 15.0. The minimum Gasteiger partial charge on any atom is -0.497 e. The summed E-state index contributed by atoms with van der Waals surface area (Å²) in [6, 6.07) is 4.94. The Morgan fingerprint density at radius 3 is 2.65 bits per heavy atom. The van der Waals surface area contributed by atoms with Gasteiger partial charge in [0, 0.05) is 49.6 Å². The summed E-state index contributed by atoms with van der Waals surface area (Å²) < 4.78 is 32.5. The number of alkyl carbamates (subject to hydrolysis) is 1. The number of fused-ring (bicyclic) bond motifs is 1. The summed E-state index contributed by atoms with van der Waals surface area (Å²) in [7, 11) is 4.99. The van der Waals surface area contributed by atoms with Gasteiger partial charge < -0.3 is 29.7 Å². The minimum absolute atomic E-state index is 0.0893. The highest BCUT2D eigenvalue weighted by Crippen LogP contribution is 2.37. The maximum absolute atomic E-state index is 16.3. The van der Waals surface area contributed by atoms with Crippen molar-refractivity contribution in [2.24, 2.45) is 5.10 Å². The Morgan fingerprint density at radius 1 is 1.16 bits per heavy atom. The number of pyridine rings is 1. The summed E-state index contributed by atoms with van der Waals surface area (Å²) in [5.41, 5.74) is 1.88. The van der Waals surface area contributed by atoms with Gasteiger partial charge in [-0.3, -0.25) is 9.80 Å². The minimum atomic E-state index is -0.547. The molecule has 5 rings (SSSR count). The summed E-state index contributed by atoms with van der Waals surface area (Å²) in [6.45, 7) is 3.25. The third kappa shape index (κ3) is 6.62. The smallest absolute Gasteiger partial charge is 0.407 e. The highest BCUT2D eigenvalue weighted by Gasteiger charge is 2.39. The number of hydrogen-bond donors (Lipinski definition) is 2. The van der Waals surface area contributed by atoms with Crippen molar-refractivity contribution >= 4 is 24.0 Å². The van der Waals surface area contributed by atoms with Gasteiger partial charge in [0.2, 0.25) is 0 Å². The molecule has 0 saturated heterocycles. The van der Waals surface area contributed by atoms with Crippen LogP contribution in [0.4, 0.5) is 15.0 Å². The van der Waals surface area contributed by atoms with E-state index in [4.69, 9.17) is 19.2 Å². The number of aromatic nitrogens is 1. The van der Waals surface area contributed by atoms with Crippen molar-refractivity contribution in [2.75, 3.05) is 39.7 Å². The highest BCUT2D eigenvalue weighted by molar-refractivity contribution is 6.01. The van der Waals surface area contributed by atoms with Gasteiger partial charge in [0.25, 0.3) is 5.91 Å². The second-order valence-electron chi connectivity index (χ2n) is 11.3. The van der Waals surface area contributed by atoms with Gasteiger partial charge >= 0.3 is 6.09 Å². The Balaban J connectivity index is 1.43. The summed E-state index contributed by atoms with van der Waals surface area (Å²) in [4.78, 5) is 32.6. The number of carbonyl (C=O) groups excluding carboxylic acids is 2. The second-order valence-corrected chi connectivity index (χ2v) is 11.3. The van der Waals surface area contributed by atoms with Crippen molar-refractivity contribution in [3.8, 4) is 11.5 Å². The van der Waals surface area contributed by atoms with Gasteiger partial charge in [-0.25, -0.2) is 14.2 Å². The molecule has 12 heteroatoms. The zero-order chi connectivity index (χ0) is 30.5. The van der Waals surface area contributed by atoms with Crippen LogP contribution < -0.4 is 20.1 Å². The lowest BCUT2D eigenvalue weighted by atomic mass is 9.90. The lowest BCUT2D eigenvalue weighted by Crippen LogP contribution is -2.49. The van der Waals surface area contributed by atoms with Crippen molar-refractivity contribution in [2.45, 2.75) is 76.5 Å². The first-order valence-corrected chi connectivity index (χ1v) is 15.0. The zero-order valence-corrected chi connectivity index (χ0v) is 25.3. The molecule has 2 aromatic rings. The van der Waals surface area contributed by atoms with E-state index >= 15 is 4.39 Å². The zero-order valence-electron chi connectivity index (χ0n) is 25.3. The van der Waals surface area contributed by atoms with Gasteiger partial charge in [-0.15, -0.1) is 0 Å². The van der Waals surface area contributed by atoms with E-state index in [1.54, 1.807) is 42.5 Å². The van der Waals surface area contributed by atoms with E-state index in [0.29, 0.717) is 41.5 Å². The van der Waals surface area contributed by atoms with Gasteiger partial charge in [-0.1, -0.05) is 26.2 Å². The Kier molecular flexibility index (Phi) is 9.52. The van der Waals surface area contributed by atoms with Crippen LogP contribution in [0.2, 0.25) is 0 Å². The predicted octanol–water partition coefficient (Wildman–Crippen LogP) is 4.66. The van der Waals surface area contributed by atoms with Crippen LogP contribution in [0.15, 0.2) is 23.3 Å². The molecule has 1 aliphatic carbocycles. The number of carbonyl (C=O) groups is 2. The summed E-state index contributed by atoms with van der Waals surface area (Å²) in [5.74, 6) is 0.210. The normalized spacial score (nSPS) is 21.1. The second kappa shape index (κ2) is 13.5. The Morgan fingerprint density at radius 2 is 1.95 bits per heavy atom. The maximum atomic E-state index is 16.3. The molecule has 43 heavy (non-hydrogen) atoms. The van der Waals surface area contributed by atoms with Crippen molar-refractivity contribution < 1.29 is 28.2 Å². The lowest BCUT2D eigenvalue weighted by molar-refractivity contribution is 0.0764. The fourth-order valence-electron chi connectivity index (χ4n) is 6.00. The van der Waals surface area contributed by atoms with Gasteiger partial charge in [0.1, 0.15) is 11.5 Å². The molecule has 0 spiro atoms. The molecule has 0 bridgehead atoms. The molecule has 2 N–H and O–H groups in total. The van der Waals surface area contributed by atoms with Crippen molar-refractivity contribution in [1.29, 1.82) is 0 Å². The molecular weight excluding hydrogens is 555 g/mol. The first-order chi connectivity index (χ1) is 20.8. The molecule has 0 radical (unpaired) electrons. The van der Waals surface area contributed by atoms with Crippen LogP contribution in [0.1, 0.15) is 78.5 Å². The van der Waals surface area contributed by atoms with E-state index in [0.717, 1.165) is 44.1 Å². The van der Waals surface area contributed by atoms with Crippen LogP contribution >= 0.6 is 0 Å². The number of halogens is 1. The Labute approximate surface area is 251 Å². The third-order valence-corrected chi connectivity index (χ3v) is 8.35. The summed E-state index contributed by atoms with van der Waals surface area (Å²) >= 11 is 0. The Hall–Kier alpha value is -4.09. The number of methoxy groups -OCH3 is 2.